The number of amides is 3. The van der Waals surface area contributed by atoms with Crippen LogP contribution < -0.4 is 16.1 Å². The number of hydrogen-bond donors (Lipinski definition) is 2. The second-order valence-electron chi connectivity index (χ2n) is 7.84. The summed E-state index contributed by atoms with van der Waals surface area (Å²) >= 11 is 1.38. The lowest BCUT2D eigenvalue weighted by molar-refractivity contribution is -0.128. The zero-order valence-corrected chi connectivity index (χ0v) is 18.3. The van der Waals surface area contributed by atoms with Crippen molar-refractivity contribution in [1.29, 1.82) is 0 Å². The van der Waals surface area contributed by atoms with E-state index in [1.807, 2.05) is 12.3 Å². The molecule has 4 rings (SSSR count). The molecule has 32 heavy (non-hydrogen) atoms. The summed E-state index contributed by atoms with van der Waals surface area (Å²) in [5.41, 5.74) is 7.06. The van der Waals surface area contributed by atoms with Crippen LogP contribution in [0.2, 0.25) is 0 Å². The lowest BCUT2D eigenvalue weighted by atomic mass is 9.95. The molecule has 1 atom stereocenters. The number of likely N-dealkylation sites (tertiary alicyclic amines) is 1. The molecule has 3 amide bonds. The van der Waals surface area contributed by atoms with Crippen molar-refractivity contribution in [3.63, 3.8) is 0 Å². The van der Waals surface area contributed by atoms with Crippen molar-refractivity contribution in [2.24, 2.45) is 16.8 Å². The Labute approximate surface area is 188 Å². The van der Waals surface area contributed by atoms with Crippen LogP contribution in [0.1, 0.15) is 25.0 Å². The highest BCUT2D eigenvalue weighted by atomic mass is 32.1. The summed E-state index contributed by atoms with van der Waals surface area (Å²) in [6.45, 7) is 2.68. The van der Waals surface area contributed by atoms with Gasteiger partial charge < -0.3 is 16.0 Å². The average Bonchev–Trinajstić information content (AvgIpc) is 3.40. The molecule has 1 aromatic heterocycles. The number of halogens is 1. The van der Waals surface area contributed by atoms with Gasteiger partial charge in [-0.1, -0.05) is 0 Å². The smallest absolute Gasteiger partial charge is 0.270 e. The Morgan fingerprint density at radius 3 is 2.47 bits per heavy atom. The average molecular weight is 459 g/mol. The Hall–Kier alpha value is -3.34. The summed E-state index contributed by atoms with van der Waals surface area (Å²) in [5, 5.41) is 11.0. The molecule has 0 aliphatic carbocycles. The maximum absolute atomic E-state index is 13.3. The molecule has 1 aromatic carbocycles. The fraction of sp³-hybridized carbons (Fsp3) is 0.381. The fourth-order valence-electron chi connectivity index (χ4n) is 3.84. The summed E-state index contributed by atoms with van der Waals surface area (Å²) in [6.07, 6.45) is 1.13. The van der Waals surface area contributed by atoms with Gasteiger partial charge in [0.05, 0.1) is 11.4 Å². The second kappa shape index (κ2) is 9.03. The molecule has 1 saturated heterocycles. The van der Waals surface area contributed by atoms with E-state index in [0.29, 0.717) is 36.8 Å². The molecule has 2 aliphatic rings. The van der Waals surface area contributed by atoms with Crippen LogP contribution in [0.3, 0.4) is 0 Å². The van der Waals surface area contributed by atoms with E-state index in [1.165, 1.54) is 40.6 Å². The van der Waals surface area contributed by atoms with Crippen LogP contribution in [-0.2, 0) is 14.4 Å². The molecular weight excluding hydrogens is 435 g/mol. The van der Waals surface area contributed by atoms with Crippen molar-refractivity contribution < 1.29 is 18.8 Å². The largest absolute Gasteiger partial charge is 0.368 e. The highest BCUT2D eigenvalue weighted by Crippen LogP contribution is 2.27. The molecule has 0 spiro atoms. The monoisotopic (exact) mass is 458 g/mol. The molecule has 0 saturated carbocycles. The Morgan fingerprint density at radius 2 is 1.88 bits per heavy atom. The number of hydrogen-bond acceptors (Lipinski definition) is 7. The van der Waals surface area contributed by atoms with Crippen LogP contribution in [0.5, 0.6) is 0 Å². The molecule has 3 heterocycles. The Balaban J connectivity index is 1.39. The van der Waals surface area contributed by atoms with Gasteiger partial charge in [-0.2, -0.15) is 5.10 Å². The van der Waals surface area contributed by atoms with E-state index in [-0.39, 0.29) is 29.9 Å². The van der Waals surface area contributed by atoms with Gasteiger partial charge in [0.2, 0.25) is 11.8 Å². The lowest BCUT2D eigenvalue weighted by Gasteiger charge is -2.31. The molecular formula is C21H23FN6O3S. The first-order valence-corrected chi connectivity index (χ1v) is 11.1. The third-order valence-electron chi connectivity index (χ3n) is 5.58. The minimum absolute atomic E-state index is 0.0787. The molecule has 1 unspecified atom stereocenters. The second-order valence-corrected chi connectivity index (χ2v) is 8.70. The first kappa shape index (κ1) is 21.9. The van der Waals surface area contributed by atoms with Crippen LogP contribution >= 0.6 is 11.3 Å². The molecule has 0 radical (unpaired) electrons. The van der Waals surface area contributed by atoms with Gasteiger partial charge in [-0.05, 0) is 44.0 Å². The van der Waals surface area contributed by atoms with Crippen molar-refractivity contribution >= 4 is 45.6 Å². The minimum atomic E-state index is -0.815. The standard InChI is InChI=1S/C21H23FN6O3S/c1-12-11-32-21(24-12)25-19(30)13-6-8-27(9-7-13)20(31)16-10-17(18(23)29)28(26-16)15-4-2-14(22)3-5-15/h2-5,11,13,17H,6-10H2,1H3,(H2,23,29)(H,24,25,30). The maximum atomic E-state index is 13.3. The number of aryl methyl sites for hydroxylation is 1. The molecule has 168 valence electrons. The van der Waals surface area contributed by atoms with E-state index in [4.69, 9.17) is 5.73 Å². The van der Waals surface area contributed by atoms with Crippen molar-refractivity contribution in [1.82, 2.24) is 9.88 Å². The molecule has 3 N–H and O–H groups in total. The van der Waals surface area contributed by atoms with Crippen LogP contribution in [-0.4, -0.2) is 52.4 Å². The number of nitrogens with one attached hydrogen (secondary N) is 1. The van der Waals surface area contributed by atoms with Crippen LogP contribution in [0, 0.1) is 18.7 Å². The number of nitrogens with two attached hydrogens (primary N) is 1. The Morgan fingerprint density at radius 1 is 1.19 bits per heavy atom. The van der Waals surface area contributed by atoms with Crippen molar-refractivity contribution in [2.45, 2.75) is 32.2 Å². The molecule has 0 bridgehead atoms. The fourth-order valence-corrected chi connectivity index (χ4v) is 4.53. The van der Waals surface area contributed by atoms with Gasteiger partial charge in [0.15, 0.2) is 5.13 Å². The number of carbonyl (C=O) groups excluding carboxylic acids is 3. The molecule has 2 aromatic rings. The number of rotatable bonds is 5. The first-order valence-electron chi connectivity index (χ1n) is 10.3. The Bertz CT molecular complexity index is 1060. The lowest BCUT2D eigenvalue weighted by Crippen LogP contribution is -2.44. The highest BCUT2D eigenvalue weighted by Gasteiger charge is 2.37. The van der Waals surface area contributed by atoms with Crippen LogP contribution in [0.15, 0.2) is 34.7 Å². The number of thiazole rings is 1. The van der Waals surface area contributed by atoms with Gasteiger partial charge in [-0.15, -0.1) is 11.3 Å². The molecule has 9 nitrogen and oxygen atoms in total. The van der Waals surface area contributed by atoms with Gasteiger partial charge in [0, 0.05) is 30.8 Å². The zero-order valence-electron chi connectivity index (χ0n) is 17.5. The van der Waals surface area contributed by atoms with Gasteiger partial charge in [-0.25, -0.2) is 9.37 Å². The van der Waals surface area contributed by atoms with E-state index in [1.54, 1.807) is 4.90 Å². The van der Waals surface area contributed by atoms with E-state index >= 15 is 0 Å². The number of nitrogens with zero attached hydrogens (tertiary/aromatic N) is 4. The normalized spacial score (nSPS) is 19.1. The number of aromatic nitrogens is 1. The van der Waals surface area contributed by atoms with Crippen molar-refractivity contribution in [3.05, 3.63) is 41.2 Å². The number of anilines is 2. The molecule has 2 aliphatic heterocycles. The van der Waals surface area contributed by atoms with E-state index < -0.39 is 17.8 Å². The van der Waals surface area contributed by atoms with Crippen molar-refractivity contribution in [3.8, 4) is 0 Å². The summed E-state index contributed by atoms with van der Waals surface area (Å²) < 4.78 is 13.3. The summed E-state index contributed by atoms with van der Waals surface area (Å²) in [6, 6.07) is 4.66. The topological polar surface area (TPSA) is 121 Å². The quantitative estimate of drug-likeness (QED) is 0.709. The van der Waals surface area contributed by atoms with E-state index in [0.717, 1.165) is 5.69 Å². The Kier molecular flexibility index (Phi) is 6.17. The van der Waals surface area contributed by atoms with E-state index in [9.17, 15) is 18.8 Å². The third kappa shape index (κ3) is 4.62. The third-order valence-corrected chi connectivity index (χ3v) is 6.45. The summed E-state index contributed by atoms with van der Waals surface area (Å²) in [5.74, 6) is -1.62. The van der Waals surface area contributed by atoms with Gasteiger partial charge in [0.1, 0.15) is 17.6 Å². The van der Waals surface area contributed by atoms with Gasteiger partial charge in [0.25, 0.3) is 5.91 Å². The highest BCUT2D eigenvalue weighted by molar-refractivity contribution is 7.13. The number of benzene rings is 1. The predicted octanol–water partition coefficient (Wildman–Crippen LogP) is 1.89. The number of primary amides is 1. The number of piperidine rings is 1. The van der Waals surface area contributed by atoms with E-state index in [2.05, 4.69) is 15.4 Å². The number of hydrazone groups is 1. The van der Waals surface area contributed by atoms with Crippen LogP contribution in [0.4, 0.5) is 15.2 Å². The molecule has 11 heteroatoms. The summed E-state index contributed by atoms with van der Waals surface area (Å²) in [4.78, 5) is 43.3. The molecule has 1 fully saturated rings. The SMILES string of the molecule is Cc1csc(NC(=O)C2CCN(C(=O)C3=NN(c4ccc(F)cc4)C(C(N)=O)C3)CC2)n1. The first-order chi connectivity index (χ1) is 15.3. The van der Waals surface area contributed by atoms with Gasteiger partial charge in [-0.3, -0.25) is 19.4 Å². The number of carbonyl (C=O) groups is 3. The predicted molar refractivity (Wildman–Crippen MR) is 119 cm³/mol. The zero-order chi connectivity index (χ0) is 22.8. The van der Waals surface area contributed by atoms with Crippen molar-refractivity contribution in [2.75, 3.05) is 23.4 Å². The maximum Gasteiger partial charge on any atom is 0.270 e. The van der Waals surface area contributed by atoms with Crippen LogP contribution in [0.25, 0.3) is 0 Å². The summed E-state index contributed by atoms with van der Waals surface area (Å²) in [7, 11) is 0. The van der Waals surface area contributed by atoms with Gasteiger partial charge >= 0.3 is 0 Å². The minimum Gasteiger partial charge on any atom is -0.368 e.